The van der Waals surface area contributed by atoms with Crippen molar-refractivity contribution < 1.29 is 19.0 Å². The summed E-state index contributed by atoms with van der Waals surface area (Å²) >= 11 is 0. The molecule has 1 fully saturated rings. The highest BCUT2D eigenvalue weighted by molar-refractivity contribution is 5.74. The highest BCUT2D eigenvalue weighted by atomic mass is 19.1. The lowest BCUT2D eigenvalue weighted by molar-refractivity contribution is 0.202. The molecule has 3 N–H and O–H groups in total. The Morgan fingerprint density at radius 2 is 2.24 bits per heavy atom. The lowest BCUT2D eigenvalue weighted by Crippen LogP contribution is -2.40. The van der Waals surface area contributed by atoms with Crippen LogP contribution in [0.2, 0.25) is 0 Å². The molecule has 0 spiro atoms. The number of aliphatic hydroxyl groups excluding tert-OH is 1. The molecule has 0 radical (unpaired) electrons. The number of urea groups is 1. The molecule has 6 heteroatoms. The van der Waals surface area contributed by atoms with Crippen LogP contribution in [-0.4, -0.2) is 31.4 Å². The highest BCUT2D eigenvalue weighted by Crippen LogP contribution is 2.44. The standard InChI is InChI=1S/C15H21FN2O3/c1-10(11-3-4-13(21-2)12(16)7-11)18-14(20)17-8-15(9-19)5-6-15/h3-4,7,10,19H,5-6,8-9H2,1-2H3,(H2,17,18,20). The van der Waals surface area contributed by atoms with Gasteiger partial charge in [0.15, 0.2) is 11.6 Å². The van der Waals surface area contributed by atoms with Crippen molar-refractivity contribution in [2.45, 2.75) is 25.8 Å². The minimum Gasteiger partial charge on any atom is -0.494 e. The molecule has 2 rings (SSSR count). The average Bonchev–Trinajstić information content (AvgIpc) is 3.25. The SMILES string of the molecule is COc1ccc(C(C)NC(=O)NCC2(CO)CC2)cc1F. The van der Waals surface area contributed by atoms with Crippen LogP contribution in [0.15, 0.2) is 18.2 Å². The van der Waals surface area contributed by atoms with Crippen molar-refractivity contribution in [3.05, 3.63) is 29.6 Å². The van der Waals surface area contributed by atoms with E-state index in [2.05, 4.69) is 10.6 Å². The van der Waals surface area contributed by atoms with Crippen molar-refractivity contribution in [1.82, 2.24) is 10.6 Å². The molecule has 0 bridgehead atoms. The third-order valence-electron chi connectivity index (χ3n) is 3.94. The van der Waals surface area contributed by atoms with E-state index in [0.29, 0.717) is 12.1 Å². The number of ether oxygens (including phenoxy) is 1. The summed E-state index contributed by atoms with van der Waals surface area (Å²) in [6, 6.07) is 3.95. The van der Waals surface area contributed by atoms with Gasteiger partial charge in [-0.25, -0.2) is 9.18 Å². The molecular formula is C15H21FN2O3. The van der Waals surface area contributed by atoms with Crippen LogP contribution < -0.4 is 15.4 Å². The predicted molar refractivity (Wildman–Crippen MR) is 76.7 cm³/mol. The molecule has 0 aromatic heterocycles. The second-order valence-corrected chi connectivity index (χ2v) is 5.60. The first kappa shape index (κ1) is 15.6. The molecule has 2 amide bonds. The second kappa shape index (κ2) is 6.30. The summed E-state index contributed by atoms with van der Waals surface area (Å²) in [5.41, 5.74) is 0.527. The molecule has 0 saturated heterocycles. The van der Waals surface area contributed by atoms with Gasteiger partial charge in [-0.05, 0) is 37.5 Å². The van der Waals surface area contributed by atoms with E-state index in [1.54, 1.807) is 13.0 Å². The lowest BCUT2D eigenvalue weighted by atomic mass is 10.1. The lowest BCUT2D eigenvalue weighted by Gasteiger charge is -2.18. The molecule has 1 atom stereocenters. The number of carbonyl (C=O) groups excluding carboxylic acids is 1. The number of rotatable bonds is 6. The number of hydrogen-bond acceptors (Lipinski definition) is 3. The Bertz CT molecular complexity index is 518. The Morgan fingerprint density at radius 1 is 1.52 bits per heavy atom. The van der Waals surface area contributed by atoms with E-state index >= 15 is 0 Å². The Hall–Kier alpha value is -1.82. The Labute approximate surface area is 123 Å². The maximum absolute atomic E-state index is 13.6. The van der Waals surface area contributed by atoms with Gasteiger partial charge in [0.05, 0.1) is 19.8 Å². The van der Waals surface area contributed by atoms with Crippen LogP contribution in [0.5, 0.6) is 5.75 Å². The van der Waals surface area contributed by atoms with Gasteiger partial charge in [-0.3, -0.25) is 0 Å². The Morgan fingerprint density at radius 3 is 2.76 bits per heavy atom. The molecule has 1 aromatic rings. The fourth-order valence-electron chi connectivity index (χ4n) is 2.12. The van der Waals surface area contributed by atoms with Crippen molar-refractivity contribution in [2.24, 2.45) is 5.41 Å². The van der Waals surface area contributed by atoms with Crippen molar-refractivity contribution >= 4 is 6.03 Å². The molecular weight excluding hydrogens is 275 g/mol. The molecule has 0 aliphatic heterocycles. The molecule has 0 heterocycles. The molecule has 1 saturated carbocycles. The first-order valence-corrected chi connectivity index (χ1v) is 6.98. The normalized spacial score (nSPS) is 17.0. The van der Waals surface area contributed by atoms with E-state index in [-0.39, 0.29) is 29.8 Å². The van der Waals surface area contributed by atoms with Crippen LogP contribution in [0.3, 0.4) is 0 Å². The summed E-state index contributed by atoms with van der Waals surface area (Å²) in [5.74, 6) is -0.282. The molecule has 1 unspecified atom stereocenters. The fourth-order valence-corrected chi connectivity index (χ4v) is 2.12. The van der Waals surface area contributed by atoms with Gasteiger partial charge >= 0.3 is 6.03 Å². The minimum absolute atomic E-state index is 0.0898. The number of methoxy groups -OCH3 is 1. The topological polar surface area (TPSA) is 70.6 Å². The van der Waals surface area contributed by atoms with Gasteiger partial charge in [-0.1, -0.05) is 6.07 Å². The molecule has 1 aliphatic rings. The molecule has 1 aliphatic carbocycles. The van der Waals surface area contributed by atoms with Crippen LogP contribution in [0.4, 0.5) is 9.18 Å². The van der Waals surface area contributed by atoms with Crippen LogP contribution >= 0.6 is 0 Å². The molecule has 116 valence electrons. The van der Waals surface area contributed by atoms with Crippen LogP contribution in [0.25, 0.3) is 0 Å². The van der Waals surface area contributed by atoms with Gasteiger partial charge in [0, 0.05) is 12.0 Å². The first-order valence-electron chi connectivity index (χ1n) is 6.98. The average molecular weight is 296 g/mol. The maximum atomic E-state index is 13.6. The van der Waals surface area contributed by atoms with Gasteiger partial charge < -0.3 is 20.5 Å². The zero-order valence-electron chi connectivity index (χ0n) is 12.3. The summed E-state index contributed by atoms with van der Waals surface area (Å²) in [6.45, 7) is 2.32. The number of hydrogen-bond donors (Lipinski definition) is 3. The number of amides is 2. The number of aliphatic hydroxyl groups is 1. The van der Waals surface area contributed by atoms with Crippen molar-refractivity contribution in [3.63, 3.8) is 0 Å². The minimum atomic E-state index is -0.457. The number of benzene rings is 1. The summed E-state index contributed by atoms with van der Waals surface area (Å²) in [6.07, 6.45) is 1.87. The van der Waals surface area contributed by atoms with Crippen LogP contribution in [0.1, 0.15) is 31.4 Å². The number of nitrogens with one attached hydrogen (secondary N) is 2. The summed E-state index contributed by atoms with van der Waals surface area (Å²) in [5, 5.41) is 14.7. The fraction of sp³-hybridized carbons (Fsp3) is 0.533. The van der Waals surface area contributed by atoms with Gasteiger partial charge in [-0.2, -0.15) is 0 Å². The largest absolute Gasteiger partial charge is 0.494 e. The second-order valence-electron chi connectivity index (χ2n) is 5.60. The van der Waals surface area contributed by atoms with Crippen molar-refractivity contribution in [2.75, 3.05) is 20.3 Å². The number of carbonyl (C=O) groups is 1. The first-order chi connectivity index (χ1) is 9.99. The molecule has 21 heavy (non-hydrogen) atoms. The highest BCUT2D eigenvalue weighted by Gasteiger charge is 2.42. The van der Waals surface area contributed by atoms with Gasteiger partial charge in [-0.15, -0.1) is 0 Å². The van der Waals surface area contributed by atoms with Gasteiger partial charge in [0.2, 0.25) is 0 Å². The van der Waals surface area contributed by atoms with E-state index in [9.17, 15) is 14.3 Å². The monoisotopic (exact) mass is 296 g/mol. The molecule has 1 aromatic carbocycles. The van der Waals surface area contributed by atoms with Gasteiger partial charge in [0.25, 0.3) is 0 Å². The van der Waals surface area contributed by atoms with Crippen molar-refractivity contribution in [3.8, 4) is 5.75 Å². The summed E-state index contributed by atoms with van der Waals surface area (Å²) < 4.78 is 18.5. The van der Waals surface area contributed by atoms with E-state index in [1.807, 2.05) is 0 Å². The predicted octanol–water partition coefficient (Wildman–Crippen LogP) is 1.97. The van der Waals surface area contributed by atoms with E-state index in [0.717, 1.165) is 12.8 Å². The van der Waals surface area contributed by atoms with Crippen molar-refractivity contribution in [1.29, 1.82) is 0 Å². The summed E-state index contributed by atoms with van der Waals surface area (Å²) in [7, 11) is 1.40. The van der Waals surface area contributed by atoms with Gasteiger partial charge in [0.1, 0.15) is 0 Å². The molecule has 5 nitrogen and oxygen atoms in total. The van der Waals surface area contributed by atoms with E-state index < -0.39 is 5.82 Å². The smallest absolute Gasteiger partial charge is 0.315 e. The third-order valence-corrected chi connectivity index (χ3v) is 3.94. The zero-order valence-corrected chi connectivity index (χ0v) is 12.3. The van der Waals surface area contributed by atoms with E-state index in [4.69, 9.17) is 4.74 Å². The third kappa shape index (κ3) is 3.85. The summed E-state index contributed by atoms with van der Waals surface area (Å²) in [4.78, 5) is 11.8. The zero-order chi connectivity index (χ0) is 15.5. The number of halogens is 1. The van der Waals surface area contributed by atoms with E-state index in [1.165, 1.54) is 19.2 Å². The maximum Gasteiger partial charge on any atom is 0.315 e. The Kier molecular flexibility index (Phi) is 4.67. The van der Waals surface area contributed by atoms with Crippen LogP contribution in [0, 0.1) is 11.2 Å². The van der Waals surface area contributed by atoms with Crippen LogP contribution in [-0.2, 0) is 0 Å². The quantitative estimate of drug-likeness (QED) is 0.751. The Balaban J connectivity index is 1.87.